The third kappa shape index (κ3) is 6.44. The fourth-order valence-corrected chi connectivity index (χ4v) is 5.80. The third-order valence-electron chi connectivity index (χ3n) is 8.64. The van der Waals surface area contributed by atoms with E-state index in [0.29, 0.717) is 52.2 Å². The number of quaternary nitrogens is 1. The molecule has 1 aromatic heterocycles. The lowest BCUT2D eigenvalue weighted by Gasteiger charge is -2.48. The SMILES string of the molecule is CCC1=CNc2c(n(-c3ccc(Oc4ccccc4)cc3)c(=O)n2-c2cccc(NC(=O)/C=C/C[N+](C)([O-])C3CCC3)c2)C(=N)C1. The zero-order valence-corrected chi connectivity index (χ0v) is 26.0. The molecule has 10 nitrogen and oxygen atoms in total. The Morgan fingerprint density at radius 2 is 1.78 bits per heavy atom. The average Bonchev–Trinajstić information content (AvgIpc) is 3.20. The van der Waals surface area contributed by atoms with Crippen molar-refractivity contribution in [3.63, 3.8) is 0 Å². The van der Waals surface area contributed by atoms with Gasteiger partial charge in [0, 0.05) is 24.4 Å². The largest absolute Gasteiger partial charge is 0.633 e. The van der Waals surface area contributed by atoms with Crippen LogP contribution in [0.25, 0.3) is 11.4 Å². The number of aromatic nitrogens is 2. The maximum atomic E-state index is 14.2. The van der Waals surface area contributed by atoms with E-state index < -0.39 is 0 Å². The summed E-state index contributed by atoms with van der Waals surface area (Å²) in [5, 5.41) is 27.9. The number of rotatable bonds is 10. The molecule has 1 saturated carbocycles. The van der Waals surface area contributed by atoms with Gasteiger partial charge >= 0.3 is 5.69 Å². The second kappa shape index (κ2) is 13.0. The maximum absolute atomic E-state index is 14.2. The van der Waals surface area contributed by atoms with E-state index in [9.17, 15) is 14.8 Å². The van der Waals surface area contributed by atoms with Crippen LogP contribution in [0.3, 0.4) is 0 Å². The number of carbonyl (C=O) groups excluding carboxylic acids is 1. The molecule has 3 N–H and O–H groups in total. The van der Waals surface area contributed by atoms with E-state index in [1.165, 1.54) is 15.2 Å². The molecule has 6 rings (SSSR count). The van der Waals surface area contributed by atoms with Crippen LogP contribution in [0.2, 0.25) is 0 Å². The van der Waals surface area contributed by atoms with Crippen LogP contribution in [0, 0.1) is 10.6 Å². The first kappa shape index (κ1) is 30.8. The van der Waals surface area contributed by atoms with E-state index >= 15 is 0 Å². The highest BCUT2D eigenvalue weighted by atomic mass is 16.5. The van der Waals surface area contributed by atoms with Gasteiger partial charge < -0.3 is 30.6 Å². The highest BCUT2D eigenvalue weighted by Crippen LogP contribution is 2.31. The molecule has 1 atom stereocenters. The van der Waals surface area contributed by atoms with Crippen molar-refractivity contribution in [3.05, 3.63) is 124 Å². The molecule has 2 aliphatic rings. The van der Waals surface area contributed by atoms with Crippen molar-refractivity contribution in [1.82, 2.24) is 9.13 Å². The smallest absolute Gasteiger partial charge is 0.339 e. The van der Waals surface area contributed by atoms with Gasteiger partial charge in [0.2, 0.25) is 5.91 Å². The van der Waals surface area contributed by atoms with E-state index in [1.807, 2.05) is 43.5 Å². The Hall–Kier alpha value is -5.19. The molecule has 236 valence electrons. The maximum Gasteiger partial charge on any atom is 0.339 e. The lowest BCUT2D eigenvalue weighted by molar-refractivity contribution is -0.886. The number of hydrogen-bond acceptors (Lipinski definition) is 6. The molecule has 0 bridgehead atoms. The molecule has 0 saturated heterocycles. The first-order chi connectivity index (χ1) is 22.2. The number of imidazole rings is 1. The molecule has 0 radical (unpaired) electrons. The number of anilines is 2. The second-order valence-electron chi connectivity index (χ2n) is 11.9. The number of carbonyl (C=O) groups is 1. The number of para-hydroxylation sites is 1. The monoisotopic (exact) mass is 618 g/mol. The molecule has 1 unspecified atom stereocenters. The van der Waals surface area contributed by atoms with Gasteiger partial charge in [0.1, 0.15) is 23.0 Å². The van der Waals surface area contributed by atoms with Gasteiger partial charge in [0.25, 0.3) is 0 Å². The summed E-state index contributed by atoms with van der Waals surface area (Å²) >= 11 is 0. The molecule has 4 aromatic rings. The zero-order valence-electron chi connectivity index (χ0n) is 26.0. The summed E-state index contributed by atoms with van der Waals surface area (Å²) in [6.45, 7) is 2.27. The minimum atomic E-state index is -0.372. The minimum Gasteiger partial charge on any atom is -0.633 e. The first-order valence-corrected chi connectivity index (χ1v) is 15.6. The summed E-state index contributed by atoms with van der Waals surface area (Å²) in [5.41, 5.74) is 3.06. The lowest BCUT2D eigenvalue weighted by Crippen LogP contribution is -2.50. The van der Waals surface area contributed by atoms with Crippen LogP contribution in [0.5, 0.6) is 11.5 Å². The molecule has 46 heavy (non-hydrogen) atoms. The third-order valence-corrected chi connectivity index (χ3v) is 8.64. The van der Waals surface area contributed by atoms with Crippen LogP contribution in [0.1, 0.15) is 44.7 Å². The number of hydrogen-bond donors (Lipinski definition) is 3. The average molecular weight is 619 g/mol. The van der Waals surface area contributed by atoms with Gasteiger partial charge in [-0.05, 0) is 91.9 Å². The van der Waals surface area contributed by atoms with Crippen LogP contribution in [-0.4, -0.2) is 45.0 Å². The Morgan fingerprint density at radius 1 is 1.04 bits per heavy atom. The van der Waals surface area contributed by atoms with E-state index in [2.05, 4.69) is 10.6 Å². The Bertz CT molecular complexity index is 1860. The summed E-state index contributed by atoms with van der Waals surface area (Å²) in [6.07, 6.45) is 8.97. The van der Waals surface area contributed by atoms with Crippen molar-refractivity contribution in [2.45, 2.75) is 45.1 Å². The standard InChI is InChI=1S/C36H38N6O4/c1-3-25-22-32(37)34-35(38-24-25)41(36(44)40(34)27-17-19-31(20-18-27)46-30-14-5-4-6-15-30)28-11-7-10-26(23-28)39-33(43)16-9-21-42(2,45)29-12-8-13-29/h4-7,9-11,14-20,23-24,29,37-38H,3,8,12-13,21-22H2,1-2H3,(H,39,43)/b16-9+,37-32?. The number of nitrogens with one attached hydrogen (secondary N) is 3. The molecule has 1 fully saturated rings. The van der Waals surface area contributed by atoms with E-state index in [4.69, 9.17) is 10.1 Å². The molecule has 2 heterocycles. The van der Waals surface area contributed by atoms with Gasteiger partial charge in [-0.25, -0.2) is 9.36 Å². The van der Waals surface area contributed by atoms with Gasteiger partial charge in [0.05, 0.1) is 36.7 Å². The quantitative estimate of drug-likeness (QED) is 0.101. The molecule has 1 aliphatic carbocycles. The van der Waals surface area contributed by atoms with Crippen LogP contribution in [0.4, 0.5) is 11.5 Å². The molecule has 1 amide bonds. The number of nitrogens with zero attached hydrogens (tertiary/aromatic N) is 3. The van der Waals surface area contributed by atoms with Gasteiger partial charge in [-0.1, -0.05) is 31.2 Å². The van der Waals surface area contributed by atoms with Crippen molar-refractivity contribution in [2.24, 2.45) is 0 Å². The van der Waals surface area contributed by atoms with Gasteiger partial charge in [0.15, 0.2) is 0 Å². The topological polar surface area (TPSA) is 124 Å². The van der Waals surface area contributed by atoms with E-state index in [-0.39, 0.29) is 28.8 Å². The van der Waals surface area contributed by atoms with Crippen LogP contribution >= 0.6 is 0 Å². The predicted molar refractivity (Wildman–Crippen MR) is 181 cm³/mol. The summed E-state index contributed by atoms with van der Waals surface area (Å²) in [7, 11) is 1.65. The number of ether oxygens (including phenoxy) is 1. The molecule has 10 heteroatoms. The van der Waals surface area contributed by atoms with Crippen LogP contribution in [-0.2, 0) is 4.79 Å². The normalized spacial score (nSPS) is 16.1. The summed E-state index contributed by atoms with van der Waals surface area (Å²) in [5.74, 6) is 1.43. The van der Waals surface area contributed by atoms with Crippen molar-refractivity contribution in [3.8, 4) is 22.9 Å². The summed E-state index contributed by atoms with van der Waals surface area (Å²) < 4.78 is 8.64. The predicted octanol–water partition coefficient (Wildman–Crippen LogP) is 6.89. The van der Waals surface area contributed by atoms with E-state index in [1.54, 1.807) is 61.7 Å². The van der Waals surface area contributed by atoms with Crippen LogP contribution < -0.4 is 21.1 Å². The molecular formula is C36H38N6O4. The number of hydroxylamine groups is 3. The Labute approximate surface area is 267 Å². The van der Waals surface area contributed by atoms with Gasteiger partial charge in [-0.3, -0.25) is 9.36 Å². The molecule has 3 aromatic carbocycles. The minimum absolute atomic E-state index is 0.101. The summed E-state index contributed by atoms with van der Waals surface area (Å²) in [4.78, 5) is 27.0. The number of amides is 1. The lowest BCUT2D eigenvalue weighted by atomic mass is 9.91. The van der Waals surface area contributed by atoms with Crippen molar-refractivity contribution in [2.75, 3.05) is 24.2 Å². The van der Waals surface area contributed by atoms with Crippen LogP contribution in [0.15, 0.2) is 108 Å². The highest BCUT2D eigenvalue weighted by Gasteiger charge is 2.30. The number of likely N-dealkylation sites (N-methyl/N-ethyl adjacent to an activating group) is 1. The number of benzene rings is 3. The van der Waals surface area contributed by atoms with Crippen molar-refractivity contribution >= 4 is 23.1 Å². The fourth-order valence-electron chi connectivity index (χ4n) is 5.80. The molecule has 0 spiro atoms. The Balaban J connectivity index is 1.31. The van der Waals surface area contributed by atoms with E-state index in [0.717, 1.165) is 31.3 Å². The van der Waals surface area contributed by atoms with Crippen molar-refractivity contribution in [1.29, 1.82) is 5.41 Å². The zero-order chi connectivity index (χ0) is 32.3. The summed E-state index contributed by atoms with van der Waals surface area (Å²) in [6, 6.07) is 23.8. The second-order valence-corrected chi connectivity index (χ2v) is 11.9. The highest BCUT2D eigenvalue weighted by molar-refractivity contribution is 6.04. The van der Waals surface area contributed by atoms with Crippen molar-refractivity contribution < 1.29 is 14.2 Å². The molecular weight excluding hydrogens is 580 g/mol. The Morgan fingerprint density at radius 3 is 2.48 bits per heavy atom. The Kier molecular flexibility index (Phi) is 8.74. The number of allylic oxidation sites excluding steroid dienone is 1. The van der Waals surface area contributed by atoms with Gasteiger partial charge in [-0.15, -0.1) is 0 Å². The fraction of sp³-hybridized carbons (Fsp3) is 0.250. The van der Waals surface area contributed by atoms with Gasteiger partial charge in [-0.2, -0.15) is 0 Å². The first-order valence-electron chi connectivity index (χ1n) is 15.6. The molecule has 1 aliphatic heterocycles. The number of fused-ring (bicyclic) bond motifs is 1.